The van der Waals surface area contributed by atoms with E-state index in [0.29, 0.717) is 6.42 Å². The van der Waals surface area contributed by atoms with E-state index in [0.717, 1.165) is 11.6 Å². The lowest BCUT2D eigenvalue weighted by Gasteiger charge is -2.20. The lowest BCUT2D eigenvalue weighted by atomic mass is 10.0. The van der Waals surface area contributed by atoms with Gasteiger partial charge in [0.2, 0.25) is 5.91 Å². The van der Waals surface area contributed by atoms with Crippen LogP contribution in [-0.4, -0.2) is 23.2 Å². The van der Waals surface area contributed by atoms with E-state index in [-0.39, 0.29) is 24.3 Å². The number of aryl methyl sites for hydroxylation is 1. The van der Waals surface area contributed by atoms with Gasteiger partial charge in [0.1, 0.15) is 0 Å². The quantitative estimate of drug-likeness (QED) is 0.818. The topological polar surface area (TPSA) is 49.3 Å². The molecule has 1 amide bonds. The number of benzene rings is 2. The van der Waals surface area contributed by atoms with Gasteiger partial charge in [0, 0.05) is 12.8 Å². The molecule has 5 heteroatoms. The fourth-order valence-electron chi connectivity index (χ4n) is 2.44. The number of carbonyl (C=O) groups is 1. The van der Waals surface area contributed by atoms with Gasteiger partial charge in [0.15, 0.2) is 11.6 Å². The molecule has 0 aliphatic heterocycles. The van der Waals surface area contributed by atoms with Crippen molar-refractivity contribution in [2.24, 2.45) is 0 Å². The lowest BCUT2D eigenvalue weighted by molar-refractivity contribution is -0.122. The van der Waals surface area contributed by atoms with E-state index in [1.54, 1.807) is 6.92 Å². The molecule has 0 bridgehead atoms. The third-order valence-electron chi connectivity index (χ3n) is 3.91. The molecule has 0 spiro atoms. The van der Waals surface area contributed by atoms with E-state index in [4.69, 9.17) is 0 Å². The smallest absolute Gasteiger partial charge is 0.220 e. The summed E-state index contributed by atoms with van der Waals surface area (Å²) in [7, 11) is 0. The number of aliphatic hydroxyl groups is 1. The molecule has 2 aromatic rings. The van der Waals surface area contributed by atoms with Gasteiger partial charge in [-0.25, -0.2) is 8.78 Å². The Morgan fingerprint density at radius 3 is 2.54 bits per heavy atom. The second-order valence-corrected chi connectivity index (χ2v) is 5.83. The number of carbonyl (C=O) groups excluding carboxylic acids is 1. The largest absolute Gasteiger partial charge is 0.391 e. The lowest BCUT2D eigenvalue weighted by Crippen LogP contribution is -2.42. The summed E-state index contributed by atoms with van der Waals surface area (Å²) in [6.07, 6.45) is -0.150. The minimum atomic E-state index is -0.917. The molecule has 0 aromatic heterocycles. The Bertz CT molecular complexity index is 676. The molecule has 2 unspecified atom stereocenters. The third-order valence-corrected chi connectivity index (χ3v) is 3.91. The van der Waals surface area contributed by atoms with Crippen LogP contribution in [0.15, 0.2) is 48.5 Å². The Morgan fingerprint density at radius 2 is 1.83 bits per heavy atom. The standard InChI is InChI=1S/C19H21F2NO2/c1-13(17(23)12-14-6-3-2-4-7-14)22-18(24)11-10-15-8-5-9-16(20)19(15)21/h2-9,13,17,23H,10-12H2,1H3,(H,22,24). The number of halogens is 2. The number of nitrogens with one attached hydrogen (secondary N) is 1. The average molecular weight is 333 g/mol. The zero-order chi connectivity index (χ0) is 17.5. The minimum Gasteiger partial charge on any atom is -0.391 e. The van der Waals surface area contributed by atoms with Crippen LogP contribution in [0.1, 0.15) is 24.5 Å². The highest BCUT2D eigenvalue weighted by Gasteiger charge is 2.17. The molecule has 2 atom stereocenters. The first-order chi connectivity index (χ1) is 11.5. The first-order valence-corrected chi connectivity index (χ1v) is 7.91. The summed E-state index contributed by atoms with van der Waals surface area (Å²) in [5, 5.41) is 12.9. The summed E-state index contributed by atoms with van der Waals surface area (Å²) in [5.41, 5.74) is 1.15. The van der Waals surface area contributed by atoms with Gasteiger partial charge in [0.05, 0.1) is 12.1 Å². The maximum Gasteiger partial charge on any atom is 0.220 e. The van der Waals surface area contributed by atoms with Gasteiger partial charge in [-0.15, -0.1) is 0 Å². The van der Waals surface area contributed by atoms with E-state index in [9.17, 15) is 18.7 Å². The number of hydrogen-bond donors (Lipinski definition) is 2. The Labute approximate surface area is 140 Å². The molecule has 2 rings (SSSR count). The third kappa shape index (κ3) is 5.13. The number of rotatable bonds is 7. The van der Waals surface area contributed by atoms with Crippen molar-refractivity contribution in [3.05, 3.63) is 71.3 Å². The summed E-state index contributed by atoms with van der Waals surface area (Å²) in [4.78, 5) is 11.9. The molecule has 2 aromatic carbocycles. The van der Waals surface area contributed by atoms with E-state index >= 15 is 0 Å². The Kier molecular flexibility index (Phi) is 6.44. The Morgan fingerprint density at radius 1 is 1.12 bits per heavy atom. The highest BCUT2D eigenvalue weighted by molar-refractivity contribution is 5.76. The first kappa shape index (κ1) is 18.1. The predicted octanol–water partition coefficient (Wildman–Crippen LogP) is 3.01. The summed E-state index contributed by atoms with van der Waals surface area (Å²) in [6.45, 7) is 1.72. The van der Waals surface area contributed by atoms with Gasteiger partial charge >= 0.3 is 0 Å². The number of aliphatic hydroxyl groups excluding tert-OH is 1. The zero-order valence-electron chi connectivity index (χ0n) is 13.5. The van der Waals surface area contributed by atoms with Crippen LogP contribution in [0.2, 0.25) is 0 Å². The molecule has 0 aliphatic rings. The Hall–Kier alpha value is -2.27. The Balaban J connectivity index is 1.82. The molecule has 0 fully saturated rings. The molecule has 0 heterocycles. The molecule has 2 N–H and O–H groups in total. The van der Waals surface area contributed by atoms with Gasteiger partial charge < -0.3 is 10.4 Å². The van der Waals surface area contributed by atoms with Crippen molar-refractivity contribution in [1.82, 2.24) is 5.32 Å². The normalized spacial score (nSPS) is 13.3. The van der Waals surface area contributed by atoms with Crippen LogP contribution in [0.5, 0.6) is 0 Å². The highest BCUT2D eigenvalue weighted by Crippen LogP contribution is 2.13. The predicted molar refractivity (Wildman–Crippen MR) is 88.4 cm³/mol. The van der Waals surface area contributed by atoms with Gasteiger partial charge in [-0.05, 0) is 30.5 Å². The monoisotopic (exact) mass is 333 g/mol. The highest BCUT2D eigenvalue weighted by atomic mass is 19.2. The molecule has 3 nitrogen and oxygen atoms in total. The van der Waals surface area contributed by atoms with E-state index < -0.39 is 23.8 Å². The summed E-state index contributed by atoms with van der Waals surface area (Å²) >= 11 is 0. The van der Waals surface area contributed by atoms with Crippen molar-refractivity contribution in [2.75, 3.05) is 0 Å². The summed E-state index contributed by atoms with van der Waals surface area (Å²) in [5.74, 6) is -2.14. The molecule has 0 aliphatic carbocycles. The molecule has 128 valence electrons. The van der Waals surface area contributed by atoms with Gasteiger partial charge in [-0.3, -0.25) is 4.79 Å². The van der Waals surface area contributed by atoms with Crippen LogP contribution < -0.4 is 5.32 Å². The number of amides is 1. The second kappa shape index (κ2) is 8.55. The van der Waals surface area contributed by atoms with Crippen molar-refractivity contribution in [3.63, 3.8) is 0 Å². The molecule has 0 saturated carbocycles. The minimum absolute atomic E-state index is 0.0305. The number of hydrogen-bond acceptors (Lipinski definition) is 2. The molecular formula is C19H21F2NO2. The van der Waals surface area contributed by atoms with E-state index in [1.165, 1.54) is 12.1 Å². The van der Waals surface area contributed by atoms with Crippen LogP contribution in [0.3, 0.4) is 0 Å². The molecular weight excluding hydrogens is 312 g/mol. The van der Waals surface area contributed by atoms with Crippen LogP contribution in [0, 0.1) is 11.6 Å². The second-order valence-electron chi connectivity index (χ2n) is 5.83. The van der Waals surface area contributed by atoms with Crippen molar-refractivity contribution in [1.29, 1.82) is 0 Å². The van der Waals surface area contributed by atoms with Crippen LogP contribution in [-0.2, 0) is 17.6 Å². The van der Waals surface area contributed by atoms with Crippen molar-refractivity contribution < 1.29 is 18.7 Å². The van der Waals surface area contributed by atoms with Gasteiger partial charge in [-0.2, -0.15) is 0 Å². The van der Waals surface area contributed by atoms with Crippen LogP contribution in [0.4, 0.5) is 8.78 Å². The van der Waals surface area contributed by atoms with Crippen molar-refractivity contribution in [3.8, 4) is 0 Å². The SMILES string of the molecule is CC(NC(=O)CCc1cccc(F)c1F)C(O)Cc1ccccc1. The van der Waals surface area contributed by atoms with Crippen LogP contribution in [0.25, 0.3) is 0 Å². The maximum absolute atomic E-state index is 13.5. The fraction of sp³-hybridized carbons (Fsp3) is 0.316. The van der Waals surface area contributed by atoms with Gasteiger partial charge in [0.25, 0.3) is 0 Å². The molecule has 0 saturated heterocycles. The summed E-state index contributed by atoms with van der Waals surface area (Å²) in [6, 6.07) is 13.0. The van der Waals surface area contributed by atoms with Crippen LogP contribution >= 0.6 is 0 Å². The fourth-order valence-corrected chi connectivity index (χ4v) is 2.44. The van der Waals surface area contributed by atoms with Crippen molar-refractivity contribution >= 4 is 5.91 Å². The molecule has 24 heavy (non-hydrogen) atoms. The average Bonchev–Trinajstić information content (AvgIpc) is 2.57. The van der Waals surface area contributed by atoms with E-state index in [2.05, 4.69) is 5.32 Å². The zero-order valence-corrected chi connectivity index (χ0v) is 13.5. The van der Waals surface area contributed by atoms with E-state index in [1.807, 2.05) is 30.3 Å². The first-order valence-electron chi connectivity index (χ1n) is 7.91. The van der Waals surface area contributed by atoms with Crippen molar-refractivity contribution in [2.45, 2.75) is 38.3 Å². The van der Waals surface area contributed by atoms with Gasteiger partial charge in [-0.1, -0.05) is 42.5 Å². The summed E-state index contributed by atoms with van der Waals surface area (Å²) < 4.78 is 26.7. The maximum atomic E-state index is 13.5. The molecule has 0 radical (unpaired) electrons.